The normalized spacial score (nSPS) is 11.9. The average molecular weight is 464 g/mol. The molecule has 0 spiro atoms. The number of rotatable bonds is 6. The molecule has 0 radical (unpaired) electrons. The molecule has 2 heterocycles. The number of nitrogens with one attached hydrogen (secondary N) is 2. The first-order valence-corrected chi connectivity index (χ1v) is 11.8. The van der Waals surface area contributed by atoms with E-state index in [0.29, 0.717) is 23.0 Å². The molecule has 1 unspecified atom stereocenters. The Kier molecular flexibility index (Phi) is 6.26. The summed E-state index contributed by atoms with van der Waals surface area (Å²) in [6.45, 7) is 1.92. The number of methoxy groups -OCH3 is 1. The van der Waals surface area contributed by atoms with E-state index in [2.05, 4.69) is 20.3 Å². The number of aromatic nitrogens is 3. The van der Waals surface area contributed by atoms with Crippen LogP contribution >= 0.6 is 0 Å². The van der Waals surface area contributed by atoms with Gasteiger partial charge in [0, 0.05) is 37.1 Å². The van der Waals surface area contributed by atoms with Crippen molar-refractivity contribution in [2.45, 2.75) is 11.8 Å². The van der Waals surface area contributed by atoms with E-state index >= 15 is 0 Å². The highest BCUT2D eigenvalue weighted by molar-refractivity contribution is 7.90. The second-order valence-corrected chi connectivity index (χ2v) is 9.19. The minimum absolute atomic E-state index is 0.0545. The number of carbonyl (C=O) groups excluding carboxylic acids is 1. The molecule has 2 N–H and O–H groups in total. The predicted octanol–water partition coefficient (Wildman–Crippen LogP) is 4.12. The minimum Gasteiger partial charge on any atom is -0.612 e. The molecule has 0 aliphatic carbocycles. The number of hydrogen-bond acceptors (Lipinski definition) is 6. The van der Waals surface area contributed by atoms with Crippen molar-refractivity contribution < 1.29 is 14.1 Å². The molecule has 0 aliphatic rings. The van der Waals surface area contributed by atoms with Gasteiger partial charge in [-0.3, -0.25) is 4.79 Å². The van der Waals surface area contributed by atoms with Crippen LogP contribution in [0.1, 0.15) is 15.9 Å². The maximum Gasteiger partial charge on any atom is 0.253 e. The second-order valence-electron chi connectivity index (χ2n) is 7.82. The van der Waals surface area contributed by atoms with Gasteiger partial charge in [-0.1, -0.05) is 0 Å². The fourth-order valence-electron chi connectivity index (χ4n) is 3.57. The van der Waals surface area contributed by atoms with Gasteiger partial charge in [0.25, 0.3) is 5.91 Å². The quantitative estimate of drug-likeness (QED) is 0.417. The highest BCUT2D eigenvalue weighted by Crippen LogP contribution is 2.35. The third kappa shape index (κ3) is 4.50. The van der Waals surface area contributed by atoms with Crippen LogP contribution in [0.3, 0.4) is 0 Å². The zero-order valence-electron chi connectivity index (χ0n) is 19.1. The van der Waals surface area contributed by atoms with Crippen molar-refractivity contribution >= 4 is 39.8 Å². The van der Waals surface area contributed by atoms with Crippen molar-refractivity contribution in [3.63, 3.8) is 0 Å². The molecule has 0 aliphatic heterocycles. The van der Waals surface area contributed by atoms with Crippen LogP contribution in [0.5, 0.6) is 5.88 Å². The molecule has 0 bridgehead atoms. The molecule has 170 valence electrons. The molecule has 0 saturated carbocycles. The summed E-state index contributed by atoms with van der Waals surface area (Å²) in [4.78, 5) is 26.9. The van der Waals surface area contributed by atoms with Gasteiger partial charge >= 0.3 is 0 Å². The van der Waals surface area contributed by atoms with Crippen LogP contribution in [-0.4, -0.2) is 57.8 Å². The zero-order chi connectivity index (χ0) is 23.7. The molecule has 0 fully saturated rings. The van der Waals surface area contributed by atoms with Crippen LogP contribution in [0.15, 0.2) is 53.6 Å². The van der Waals surface area contributed by atoms with Crippen molar-refractivity contribution in [3.05, 3.63) is 59.8 Å². The number of benzene rings is 2. The number of aryl methyl sites for hydroxylation is 1. The zero-order valence-corrected chi connectivity index (χ0v) is 19.9. The number of hydrogen-bond donors (Lipinski definition) is 2. The van der Waals surface area contributed by atoms with Crippen LogP contribution in [0.4, 0.5) is 11.6 Å². The van der Waals surface area contributed by atoms with Crippen LogP contribution in [0, 0.1) is 6.92 Å². The van der Waals surface area contributed by atoms with Crippen molar-refractivity contribution in [2.24, 2.45) is 0 Å². The van der Waals surface area contributed by atoms with Gasteiger partial charge in [-0.25, -0.2) is 0 Å². The molecule has 0 saturated heterocycles. The molecule has 33 heavy (non-hydrogen) atoms. The summed E-state index contributed by atoms with van der Waals surface area (Å²) in [5.41, 5.74) is 4.76. The van der Waals surface area contributed by atoms with Crippen molar-refractivity contribution in [2.75, 3.05) is 32.8 Å². The SMILES string of the molecule is COc1nc(Nc2ccc(C(=O)N(C)C)cc2C)nc2[nH]cc(-c3ccc([S+](C)[O-])cc3)c12. The lowest BCUT2D eigenvalue weighted by molar-refractivity contribution is 0.0827. The summed E-state index contributed by atoms with van der Waals surface area (Å²) in [6.07, 6.45) is 3.51. The van der Waals surface area contributed by atoms with Crippen molar-refractivity contribution in [3.8, 4) is 17.0 Å². The summed E-state index contributed by atoms with van der Waals surface area (Å²) in [7, 11) is 5.02. The van der Waals surface area contributed by atoms with E-state index in [1.807, 2.05) is 49.5 Å². The monoisotopic (exact) mass is 463 g/mol. The highest BCUT2D eigenvalue weighted by Gasteiger charge is 2.17. The number of carbonyl (C=O) groups is 1. The standard InChI is InChI=1S/C24H25N5O3S/c1-14-12-16(23(30)29(2)3)8-11-19(14)26-24-27-21-20(22(28-24)32-4)18(13-25-21)15-6-9-17(10-7-15)33(5)31/h6-13H,1-5H3,(H2,25,26,27,28). The Balaban J connectivity index is 1.68. The third-order valence-electron chi connectivity index (χ3n) is 5.31. The van der Waals surface area contributed by atoms with Gasteiger partial charge in [0.2, 0.25) is 11.8 Å². The van der Waals surface area contributed by atoms with E-state index in [4.69, 9.17) is 4.74 Å². The molecule has 4 aromatic rings. The summed E-state index contributed by atoms with van der Waals surface area (Å²) in [5, 5.41) is 3.98. The lowest BCUT2D eigenvalue weighted by atomic mass is 10.1. The molecule has 8 nitrogen and oxygen atoms in total. The molecule has 1 atom stereocenters. The fraction of sp³-hybridized carbons (Fsp3) is 0.208. The maximum absolute atomic E-state index is 12.2. The first kappa shape index (κ1) is 22.6. The lowest BCUT2D eigenvalue weighted by Gasteiger charge is -2.14. The van der Waals surface area contributed by atoms with Crippen molar-refractivity contribution in [1.82, 2.24) is 19.9 Å². The van der Waals surface area contributed by atoms with Gasteiger partial charge < -0.3 is 24.5 Å². The minimum atomic E-state index is -1.03. The summed E-state index contributed by atoms with van der Waals surface area (Å²) >= 11 is -1.03. The summed E-state index contributed by atoms with van der Waals surface area (Å²) in [6, 6.07) is 13.0. The molecular formula is C24H25N5O3S. The number of H-pyrrole nitrogens is 1. The summed E-state index contributed by atoms with van der Waals surface area (Å²) in [5.74, 6) is 0.749. The first-order valence-electron chi connectivity index (χ1n) is 10.2. The van der Waals surface area contributed by atoms with E-state index in [1.165, 1.54) is 0 Å². The third-order valence-corrected chi connectivity index (χ3v) is 6.25. The highest BCUT2D eigenvalue weighted by atomic mass is 32.2. The van der Waals surface area contributed by atoms with E-state index in [-0.39, 0.29) is 5.91 Å². The van der Waals surface area contributed by atoms with E-state index in [0.717, 1.165) is 32.7 Å². The molecular weight excluding hydrogens is 438 g/mol. The molecule has 4 rings (SSSR count). The van der Waals surface area contributed by atoms with Crippen LogP contribution in [-0.2, 0) is 11.2 Å². The Labute approximate surface area is 195 Å². The number of amides is 1. The Morgan fingerprint density at radius 1 is 1.15 bits per heavy atom. The van der Waals surface area contributed by atoms with Gasteiger partial charge in [0.1, 0.15) is 11.9 Å². The Morgan fingerprint density at radius 2 is 1.88 bits per heavy atom. The number of nitrogens with zero attached hydrogens (tertiary/aromatic N) is 3. The van der Waals surface area contributed by atoms with Gasteiger partial charge in [0.15, 0.2) is 4.90 Å². The second kappa shape index (κ2) is 9.13. The largest absolute Gasteiger partial charge is 0.612 e. The summed E-state index contributed by atoms with van der Waals surface area (Å²) < 4.78 is 17.3. The Bertz CT molecular complexity index is 1320. The van der Waals surface area contributed by atoms with E-state index in [1.54, 1.807) is 38.4 Å². The molecule has 2 aromatic carbocycles. The Morgan fingerprint density at radius 3 is 2.48 bits per heavy atom. The number of ether oxygens (including phenoxy) is 1. The van der Waals surface area contributed by atoms with Gasteiger partial charge in [-0.05, 0) is 71.7 Å². The topological polar surface area (TPSA) is 106 Å². The van der Waals surface area contributed by atoms with Gasteiger partial charge in [-0.2, -0.15) is 9.97 Å². The predicted molar refractivity (Wildman–Crippen MR) is 131 cm³/mol. The fourth-order valence-corrected chi connectivity index (χ4v) is 4.09. The van der Waals surface area contributed by atoms with E-state index < -0.39 is 11.2 Å². The Hall–Kier alpha value is -3.56. The average Bonchev–Trinajstić information content (AvgIpc) is 3.23. The lowest BCUT2D eigenvalue weighted by Crippen LogP contribution is -2.21. The van der Waals surface area contributed by atoms with Crippen LogP contribution < -0.4 is 10.1 Å². The first-order chi connectivity index (χ1) is 15.8. The molecule has 1 amide bonds. The van der Waals surface area contributed by atoms with Gasteiger partial charge in [0.05, 0.1) is 12.5 Å². The van der Waals surface area contributed by atoms with Gasteiger partial charge in [-0.15, -0.1) is 0 Å². The van der Waals surface area contributed by atoms with Crippen LogP contribution in [0.25, 0.3) is 22.2 Å². The number of aromatic amines is 1. The number of fused-ring (bicyclic) bond motifs is 1. The molecule has 9 heteroatoms. The van der Waals surface area contributed by atoms with Crippen LogP contribution in [0.2, 0.25) is 0 Å². The van der Waals surface area contributed by atoms with E-state index in [9.17, 15) is 9.35 Å². The van der Waals surface area contributed by atoms with Crippen molar-refractivity contribution in [1.29, 1.82) is 0 Å². The number of anilines is 2. The smallest absolute Gasteiger partial charge is 0.253 e. The maximum atomic E-state index is 12.2. The molecule has 2 aromatic heterocycles.